The zero-order valence-electron chi connectivity index (χ0n) is 46.6. The highest BCUT2D eigenvalue weighted by Crippen LogP contribution is 2.17. The molecule has 1 amide bonds. The van der Waals surface area contributed by atoms with Crippen molar-refractivity contribution >= 4 is 11.9 Å². The molecule has 0 spiro atoms. The normalized spacial score (nSPS) is 12.7. The summed E-state index contributed by atoms with van der Waals surface area (Å²) in [5.41, 5.74) is 0. The summed E-state index contributed by atoms with van der Waals surface area (Å²) in [7, 11) is 0. The predicted octanol–water partition coefficient (Wildman–Crippen LogP) is 19.4. The predicted molar refractivity (Wildman–Crippen MR) is 301 cm³/mol. The van der Waals surface area contributed by atoms with Crippen LogP contribution in [0.4, 0.5) is 0 Å². The van der Waals surface area contributed by atoms with Gasteiger partial charge in [-0.2, -0.15) is 0 Å². The number of allylic oxidation sites excluding steroid dienone is 4. The Morgan fingerprint density at radius 1 is 0.391 bits per heavy atom. The summed E-state index contributed by atoms with van der Waals surface area (Å²) in [6.45, 7) is 4.95. The quantitative estimate of drug-likeness (QED) is 0.0321. The lowest BCUT2D eigenvalue weighted by atomic mass is 10.0. The molecule has 6 heteroatoms. The SMILES string of the molecule is CCCCCCCCC/C=C\CCCCCCCCCC(=O)OCCCCCCCCCCC/C=C\CCCCCCCC(=O)NC(CO)C(O)CCCCCCCCCCCCCCCCCC. The third-order valence-electron chi connectivity index (χ3n) is 14.5. The van der Waals surface area contributed by atoms with Gasteiger partial charge in [-0.3, -0.25) is 9.59 Å². The molecule has 6 nitrogen and oxygen atoms in total. The van der Waals surface area contributed by atoms with Crippen LogP contribution in [0.15, 0.2) is 24.3 Å². The van der Waals surface area contributed by atoms with Gasteiger partial charge >= 0.3 is 5.97 Å². The van der Waals surface area contributed by atoms with Gasteiger partial charge in [0.15, 0.2) is 0 Å². The number of carbonyl (C=O) groups is 2. The van der Waals surface area contributed by atoms with Gasteiger partial charge in [0.25, 0.3) is 0 Å². The van der Waals surface area contributed by atoms with Crippen molar-refractivity contribution in [3.63, 3.8) is 0 Å². The molecule has 3 N–H and O–H groups in total. The Morgan fingerprint density at radius 2 is 0.681 bits per heavy atom. The van der Waals surface area contributed by atoms with E-state index < -0.39 is 12.1 Å². The van der Waals surface area contributed by atoms with Crippen molar-refractivity contribution in [1.29, 1.82) is 0 Å². The number of rotatable bonds is 58. The molecule has 0 saturated carbocycles. The second kappa shape index (κ2) is 58.9. The largest absolute Gasteiger partial charge is 0.466 e. The topological polar surface area (TPSA) is 95.9 Å². The van der Waals surface area contributed by atoms with Gasteiger partial charge in [0, 0.05) is 12.8 Å². The summed E-state index contributed by atoms with van der Waals surface area (Å²) in [5.74, 6) is -0.0467. The van der Waals surface area contributed by atoms with Gasteiger partial charge < -0.3 is 20.3 Å². The number of nitrogens with one attached hydrogen (secondary N) is 1. The molecule has 2 unspecified atom stereocenters. The highest BCUT2D eigenvalue weighted by Gasteiger charge is 2.20. The molecule has 0 aromatic heterocycles. The molecule has 0 saturated heterocycles. The first-order valence-electron chi connectivity index (χ1n) is 31.1. The number of aliphatic hydroxyl groups excluding tert-OH is 2. The molecular weight excluding hydrogens is 851 g/mol. The number of hydrogen-bond donors (Lipinski definition) is 3. The van der Waals surface area contributed by atoms with Gasteiger partial charge in [-0.25, -0.2) is 0 Å². The molecule has 0 bridgehead atoms. The minimum Gasteiger partial charge on any atom is -0.466 e. The van der Waals surface area contributed by atoms with E-state index in [0.29, 0.717) is 25.9 Å². The Labute approximate surface area is 431 Å². The van der Waals surface area contributed by atoms with E-state index in [0.717, 1.165) is 57.8 Å². The number of unbranched alkanes of at least 4 members (excludes halogenated alkanes) is 43. The minimum absolute atomic E-state index is 0.000607. The van der Waals surface area contributed by atoms with Crippen molar-refractivity contribution in [2.75, 3.05) is 13.2 Å². The first-order chi connectivity index (χ1) is 34.0. The summed E-state index contributed by atoms with van der Waals surface area (Å²) in [6.07, 6.45) is 71.8. The maximum atomic E-state index is 12.5. The van der Waals surface area contributed by atoms with Crippen LogP contribution >= 0.6 is 0 Å². The lowest BCUT2D eigenvalue weighted by Crippen LogP contribution is -2.45. The lowest BCUT2D eigenvalue weighted by Gasteiger charge is -2.22. The Morgan fingerprint density at radius 3 is 1.03 bits per heavy atom. The van der Waals surface area contributed by atoms with E-state index in [1.807, 2.05) is 0 Å². The number of hydrogen-bond acceptors (Lipinski definition) is 5. The number of ether oxygens (including phenoxy) is 1. The molecule has 0 heterocycles. The van der Waals surface area contributed by atoms with Gasteiger partial charge in [0.2, 0.25) is 5.91 Å². The molecule has 0 fully saturated rings. The molecule has 0 aliphatic heterocycles. The van der Waals surface area contributed by atoms with Gasteiger partial charge in [-0.15, -0.1) is 0 Å². The molecule has 2 atom stereocenters. The third-order valence-corrected chi connectivity index (χ3v) is 14.5. The Kier molecular flexibility index (Phi) is 57.5. The highest BCUT2D eigenvalue weighted by atomic mass is 16.5. The second-order valence-electron chi connectivity index (χ2n) is 21.4. The summed E-state index contributed by atoms with van der Waals surface area (Å²) in [4.78, 5) is 24.6. The van der Waals surface area contributed by atoms with E-state index in [1.54, 1.807) is 0 Å². The summed E-state index contributed by atoms with van der Waals surface area (Å²) >= 11 is 0. The fraction of sp³-hybridized carbons (Fsp3) is 0.905. The van der Waals surface area contributed by atoms with E-state index in [-0.39, 0.29) is 18.5 Å². The van der Waals surface area contributed by atoms with Gasteiger partial charge in [-0.1, -0.05) is 276 Å². The molecule has 0 aromatic rings. The van der Waals surface area contributed by atoms with Crippen LogP contribution in [0.3, 0.4) is 0 Å². The first-order valence-corrected chi connectivity index (χ1v) is 31.1. The van der Waals surface area contributed by atoms with Gasteiger partial charge in [0.1, 0.15) is 0 Å². The third kappa shape index (κ3) is 55.5. The minimum atomic E-state index is -0.673. The van der Waals surface area contributed by atoms with Crippen LogP contribution in [-0.4, -0.2) is 47.4 Å². The lowest BCUT2D eigenvalue weighted by molar-refractivity contribution is -0.143. The monoisotopic (exact) mass is 972 g/mol. The van der Waals surface area contributed by atoms with Gasteiger partial charge in [0.05, 0.1) is 25.4 Å². The van der Waals surface area contributed by atoms with Crippen LogP contribution in [0.5, 0.6) is 0 Å². The van der Waals surface area contributed by atoms with Crippen molar-refractivity contribution in [2.45, 2.75) is 353 Å². The van der Waals surface area contributed by atoms with Crippen molar-refractivity contribution in [1.82, 2.24) is 5.32 Å². The van der Waals surface area contributed by atoms with Crippen LogP contribution < -0.4 is 5.32 Å². The second-order valence-corrected chi connectivity index (χ2v) is 21.4. The molecule has 0 aliphatic carbocycles. The van der Waals surface area contributed by atoms with E-state index in [1.165, 1.54) is 250 Å². The van der Waals surface area contributed by atoms with Crippen molar-refractivity contribution in [3.05, 3.63) is 24.3 Å². The Hall–Kier alpha value is -1.66. The van der Waals surface area contributed by atoms with Gasteiger partial charge in [-0.05, 0) is 77.0 Å². The smallest absolute Gasteiger partial charge is 0.305 e. The number of carbonyl (C=O) groups excluding carboxylic acids is 2. The maximum absolute atomic E-state index is 12.5. The number of aliphatic hydroxyl groups is 2. The number of amides is 1. The van der Waals surface area contributed by atoms with E-state index >= 15 is 0 Å². The number of esters is 1. The molecule has 0 radical (unpaired) electrons. The van der Waals surface area contributed by atoms with Crippen LogP contribution in [0.25, 0.3) is 0 Å². The fourth-order valence-corrected chi connectivity index (χ4v) is 9.69. The molecule has 0 aliphatic rings. The summed E-state index contributed by atoms with van der Waals surface area (Å²) in [5, 5.41) is 23.3. The zero-order valence-corrected chi connectivity index (χ0v) is 46.6. The van der Waals surface area contributed by atoms with E-state index in [2.05, 4.69) is 43.5 Å². The van der Waals surface area contributed by atoms with Crippen LogP contribution in [0.2, 0.25) is 0 Å². The maximum Gasteiger partial charge on any atom is 0.305 e. The zero-order chi connectivity index (χ0) is 50.0. The molecular formula is C63H121NO5. The Bertz CT molecular complexity index is 1080. The van der Waals surface area contributed by atoms with Crippen LogP contribution in [-0.2, 0) is 14.3 Å². The van der Waals surface area contributed by atoms with Crippen molar-refractivity contribution < 1.29 is 24.5 Å². The molecule has 0 rings (SSSR count). The van der Waals surface area contributed by atoms with E-state index in [9.17, 15) is 19.8 Å². The molecule has 408 valence electrons. The summed E-state index contributed by atoms with van der Waals surface area (Å²) in [6, 6.07) is -0.552. The van der Waals surface area contributed by atoms with Crippen molar-refractivity contribution in [2.24, 2.45) is 0 Å². The standard InChI is InChI=1S/C63H121NO5/c1-3-5-7-9-11-13-15-17-19-21-25-29-33-37-41-45-49-53-57-63(68)69-58-54-50-46-42-38-34-30-26-23-22-24-28-32-36-40-44-48-52-56-62(67)64-60(59-65)61(66)55-51-47-43-39-35-31-27-20-18-16-14-12-10-8-6-4-2/h19,21,24,28,60-61,65-66H,3-18,20,22-23,25-27,29-59H2,1-2H3,(H,64,67)/b21-19-,28-24-. The van der Waals surface area contributed by atoms with Crippen molar-refractivity contribution in [3.8, 4) is 0 Å². The average molecular weight is 973 g/mol. The Balaban J connectivity index is 3.43. The van der Waals surface area contributed by atoms with Crippen LogP contribution in [0.1, 0.15) is 341 Å². The van der Waals surface area contributed by atoms with Crippen LogP contribution in [0, 0.1) is 0 Å². The van der Waals surface area contributed by atoms with E-state index in [4.69, 9.17) is 4.74 Å². The summed E-state index contributed by atoms with van der Waals surface area (Å²) < 4.78 is 5.49. The molecule has 0 aromatic carbocycles. The fourth-order valence-electron chi connectivity index (χ4n) is 9.69. The average Bonchev–Trinajstić information content (AvgIpc) is 3.35. The molecule has 69 heavy (non-hydrogen) atoms. The highest BCUT2D eigenvalue weighted by molar-refractivity contribution is 5.76. The first kappa shape index (κ1) is 67.3.